The van der Waals surface area contributed by atoms with E-state index in [0.717, 1.165) is 37.6 Å². The number of benzene rings is 2. The van der Waals surface area contributed by atoms with Gasteiger partial charge in [-0.3, -0.25) is 9.59 Å². The van der Waals surface area contributed by atoms with Crippen molar-refractivity contribution >= 4 is 39.1 Å². The molecule has 146 valence electrons. The summed E-state index contributed by atoms with van der Waals surface area (Å²) >= 11 is 1.57. The summed E-state index contributed by atoms with van der Waals surface area (Å²) in [5.41, 5.74) is 4.82. The summed E-state index contributed by atoms with van der Waals surface area (Å²) in [6, 6.07) is 11.9. The Balaban J connectivity index is 1.54. The number of hydrogen-bond acceptors (Lipinski definition) is 5. The number of aryl methyl sites for hydroxylation is 4. The lowest BCUT2D eigenvalue weighted by atomic mass is 10.0. The van der Waals surface area contributed by atoms with Gasteiger partial charge >= 0.3 is 5.97 Å². The van der Waals surface area contributed by atoms with Gasteiger partial charge in [-0.1, -0.05) is 29.8 Å². The second-order valence-electron chi connectivity index (χ2n) is 6.97. The van der Waals surface area contributed by atoms with Gasteiger partial charge in [-0.05, 0) is 51.0 Å². The number of nitrogens with one attached hydrogen (secondary N) is 1. The second-order valence-corrected chi connectivity index (χ2v) is 8.09. The van der Waals surface area contributed by atoms with Crippen molar-refractivity contribution in [2.24, 2.45) is 0 Å². The number of nitrogens with zero attached hydrogens (tertiary/aromatic N) is 1. The molecule has 0 bridgehead atoms. The van der Waals surface area contributed by atoms with Crippen molar-refractivity contribution < 1.29 is 14.3 Å². The molecule has 28 heavy (non-hydrogen) atoms. The third-order valence-corrected chi connectivity index (χ3v) is 5.58. The number of fused-ring (bicyclic) bond motifs is 1. The van der Waals surface area contributed by atoms with E-state index in [1.54, 1.807) is 18.3 Å². The molecule has 6 heteroatoms. The predicted molar refractivity (Wildman–Crippen MR) is 113 cm³/mol. The van der Waals surface area contributed by atoms with Gasteiger partial charge in [0.25, 0.3) is 5.91 Å². The van der Waals surface area contributed by atoms with Crippen LogP contribution >= 0.6 is 11.3 Å². The highest BCUT2D eigenvalue weighted by atomic mass is 32.1. The minimum atomic E-state index is -0.858. The standard InChI is InChI=1S/C22H24N2O3S/c1-13-11-14(2)21(15(3)12-13)24-22(26)16(4)27-20(25)10-9-19-23-17-7-5-6-8-18(17)28-19/h5-8,11-12,16H,9-10H2,1-4H3,(H,24,26)/t16-/m0/s1. The molecule has 0 aliphatic heterocycles. The Morgan fingerprint density at radius 1 is 1.14 bits per heavy atom. The molecule has 0 fully saturated rings. The predicted octanol–water partition coefficient (Wildman–Crippen LogP) is 4.72. The van der Waals surface area contributed by atoms with Crippen LogP contribution in [0.5, 0.6) is 0 Å². The van der Waals surface area contributed by atoms with Gasteiger partial charge in [0.15, 0.2) is 6.10 Å². The highest BCUT2D eigenvalue weighted by Crippen LogP contribution is 2.23. The minimum Gasteiger partial charge on any atom is -0.453 e. The molecule has 2 aromatic carbocycles. The summed E-state index contributed by atoms with van der Waals surface area (Å²) in [5, 5.41) is 3.77. The minimum absolute atomic E-state index is 0.194. The average Bonchev–Trinajstić information content (AvgIpc) is 3.05. The maximum atomic E-state index is 12.4. The van der Waals surface area contributed by atoms with E-state index in [0.29, 0.717) is 6.42 Å². The number of carbonyl (C=O) groups excluding carboxylic acids is 2. The van der Waals surface area contributed by atoms with E-state index in [1.807, 2.05) is 57.2 Å². The Morgan fingerprint density at radius 3 is 2.50 bits per heavy atom. The molecule has 3 aromatic rings. The van der Waals surface area contributed by atoms with Crippen molar-refractivity contribution in [3.05, 3.63) is 58.1 Å². The fourth-order valence-corrected chi connectivity index (χ4v) is 4.11. The third-order valence-electron chi connectivity index (χ3n) is 4.48. The zero-order valence-corrected chi connectivity index (χ0v) is 17.4. The van der Waals surface area contributed by atoms with Crippen LogP contribution in [-0.4, -0.2) is 23.0 Å². The first-order valence-electron chi connectivity index (χ1n) is 9.26. The topological polar surface area (TPSA) is 68.3 Å². The lowest BCUT2D eigenvalue weighted by Gasteiger charge is -2.16. The van der Waals surface area contributed by atoms with Crippen LogP contribution < -0.4 is 5.32 Å². The molecule has 0 aliphatic carbocycles. The van der Waals surface area contributed by atoms with Crippen molar-refractivity contribution in [2.75, 3.05) is 5.32 Å². The van der Waals surface area contributed by atoms with Crippen LogP contribution in [0.2, 0.25) is 0 Å². The SMILES string of the molecule is Cc1cc(C)c(NC(=O)[C@H](C)OC(=O)CCc2nc3ccccc3s2)c(C)c1. The summed E-state index contributed by atoms with van der Waals surface area (Å²) in [7, 11) is 0. The van der Waals surface area contributed by atoms with Crippen LogP contribution in [0.3, 0.4) is 0 Å². The van der Waals surface area contributed by atoms with E-state index in [9.17, 15) is 9.59 Å². The summed E-state index contributed by atoms with van der Waals surface area (Å²) in [5.74, 6) is -0.734. The number of anilines is 1. The first kappa shape index (κ1) is 20.0. The molecular weight excluding hydrogens is 372 g/mol. The second kappa shape index (κ2) is 8.52. The lowest BCUT2D eigenvalue weighted by molar-refractivity contribution is -0.153. The maximum absolute atomic E-state index is 12.4. The van der Waals surface area contributed by atoms with Crippen LogP contribution in [-0.2, 0) is 20.7 Å². The van der Waals surface area contributed by atoms with Crippen LogP contribution in [0.4, 0.5) is 5.69 Å². The highest BCUT2D eigenvalue weighted by Gasteiger charge is 2.19. The number of rotatable bonds is 6. The smallest absolute Gasteiger partial charge is 0.306 e. The summed E-state index contributed by atoms with van der Waals surface area (Å²) in [6.45, 7) is 7.50. The van der Waals surface area contributed by atoms with E-state index in [2.05, 4.69) is 10.3 Å². The van der Waals surface area contributed by atoms with Gasteiger partial charge in [0.05, 0.1) is 21.6 Å². The van der Waals surface area contributed by atoms with Gasteiger partial charge in [-0.2, -0.15) is 0 Å². The normalized spacial score (nSPS) is 12.0. The van der Waals surface area contributed by atoms with Crippen LogP contribution in [0, 0.1) is 20.8 Å². The summed E-state index contributed by atoms with van der Waals surface area (Å²) < 4.78 is 6.41. The van der Waals surface area contributed by atoms with E-state index in [4.69, 9.17) is 4.74 Å². The Morgan fingerprint density at radius 2 is 1.82 bits per heavy atom. The first-order chi connectivity index (χ1) is 13.3. The number of ether oxygens (including phenoxy) is 1. The number of aromatic nitrogens is 1. The molecule has 0 unspecified atom stereocenters. The molecule has 1 aromatic heterocycles. The fraction of sp³-hybridized carbons (Fsp3) is 0.318. The molecule has 0 saturated heterocycles. The van der Waals surface area contributed by atoms with Crippen molar-refractivity contribution in [1.29, 1.82) is 0 Å². The van der Waals surface area contributed by atoms with Gasteiger partial charge in [-0.15, -0.1) is 11.3 Å². The Labute approximate surface area is 168 Å². The molecule has 0 aliphatic rings. The van der Waals surface area contributed by atoms with E-state index in [1.165, 1.54) is 0 Å². The number of hydrogen-bond donors (Lipinski definition) is 1. The fourth-order valence-electron chi connectivity index (χ4n) is 3.15. The molecular formula is C22H24N2O3S. The molecule has 1 amide bonds. The van der Waals surface area contributed by atoms with Crippen LogP contribution in [0.25, 0.3) is 10.2 Å². The quantitative estimate of drug-likeness (QED) is 0.612. The number of carbonyl (C=O) groups is 2. The van der Waals surface area contributed by atoms with Gasteiger partial charge < -0.3 is 10.1 Å². The van der Waals surface area contributed by atoms with Crippen molar-refractivity contribution in [1.82, 2.24) is 4.98 Å². The lowest BCUT2D eigenvalue weighted by Crippen LogP contribution is -2.30. The summed E-state index contributed by atoms with van der Waals surface area (Å²) in [6.07, 6.45) is -0.161. The van der Waals surface area contributed by atoms with Gasteiger partial charge in [0.1, 0.15) is 0 Å². The average molecular weight is 397 g/mol. The first-order valence-corrected chi connectivity index (χ1v) is 10.1. The molecule has 0 spiro atoms. The molecule has 5 nitrogen and oxygen atoms in total. The zero-order chi connectivity index (χ0) is 20.3. The third kappa shape index (κ3) is 4.75. The molecule has 1 atom stereocenters. The molecule has 1 heterocycles. The number of thiazole rings is 1. The van der Waals surface area contributed by atoms with Gasteiger partial charge in [0, 0.05) is 12.1 Å². The Hall–Kier alpha value is -2.73. The molecule has 0 saturated carbocycles. The summed E-state index contributed by atoms with van der Waals surface area (Å²) in [4.78, 5) is 29.1. The van der Waals surface area contributed by atoms with Gasteiger partial charge in [0.2, 0.25) is 0 Å². The maximum Gasteiger partial charge on any atom is 0.306 e. The van der Waals surface area contributed by atoms with Crippen molar-refractivity contribution in [2.45, 2.75) is 46.6 Å². The van der Waals surface area contributed by atoms with Gasteiger partial charge in [-0.25, -0.2) is 4.98 Å². The monoisotopic (exact) mass is 396 g/mol. The number of esters is 1. The largest absolute Gasteiger partial charge is 0.453 e. The Kier molecular flexibility index (Phi) is 6.09. The molecule has 0 radical (unpaired) electrons. The van der Waals surface area contributed by atoms with E-state index >= 15 is 0 Å². The van der Waals surface area contributed by atoms with Crippen LogP contribution in [0.1, 0.15) is 35.0 Å². The van der Waals surface area contributed by atoms with Crippen molar-refractivity contribution in [3.8, 4) is 0 Å². The molecule has 1 N–H and O–H groups in total. The molecule has 3 rings (SSSR count). The zero-order valence-electron chi connectivity index (χ0n) is 16.5. The van der Waals surface area contributed by atoms with Crippen LogP contribution in [0.15, 0.2) is 36.4 Å². The number of para-hydroxylation sites is 1. The highest BCUT2D eigenvalue weighted by molar-refractivity contribution is 7.18. The van der Waals surface area contributed by atoms with E-state index < -0.39 is 12.1 Å². The van der Waals surface area contributed by atoms with E-state index in [-0.39, 0.29) is 12.3 Å². The number of amides is 1. The van der Waals surface area contributed by atoms with Crippen molar-refractivity contribution in [3.63, 3.8) is 0 Å². The Bertz CT molecular complexity index is 970.